The molecule has 0 aliphatic carbocycles. The quantitative estimate of drug-likeness (QED) is 0.539. The van der Waals surface area contributed by atoms with Gasteiger partial charge in [-0.25, -0.2) is 0 Å². The number of nitrogens with zero attached hydrogens (tertiary/aromatic N) is 1. The predicted octanol–water partition coefficient (Wildman–Crippen LogP) is 3.23. The predicted molar refractivity (Wildman–Crippen MR) is 131 cm³/mol. The molecule has 7 heteroatoms. The molecule has 0 aromatic rings. The van der Waals surface area contributed by atoms with Crippen molar-refractivity contribution in [3.05, 3.63) is 0 Å². The molecule has 1 rings (SSSR count). The molecule has 3 N–H and O–H groups in total. The second kappa shape index (κ2) is 12.3. The van der Waals surface area contributed by atoms with Crippen LogP contribution in [0.4, 0.5) is 0 Å². The fourth-order valence-electron chi connectivity index (χ4n) is 6.05. The zero-order valence-electron chi connectivity index (χ0n) is 22.7. The lowest BCUT2D eigenvalue weighted by Gasteiger charge is -2.42. The van der Waals surface area contributed by atoms with Crippen LogP contribution in [0.25, 0.3) is 0 Å². The van der Waals surface area contributed by atoms with Gasteiger partial charge in [0.1, 0.15) is 17.8 Å². The molecule has 1 fully saturated rings. The Kier molecular flexibility index (Phi) is 11.3. The number of carbonyl (C=O) groups is 1. The minimum atomic E-state index is -1.62. The van der Waals surface area contributed by atoms with Crippen molar-refractivity contribution in [2.45, 2.75) is 117 Å². The van der Waals surface area contributed by atoms with E-state index < -0.39 is 41.4 Å². The molecule has 1 aliphatic heterocycles. The van der Waals surface area contributed by atoms with Crippen molar-refractivity contribution >= 4 is 5.97 Å². The van der Waals surface area contributed by atoms with Crippen molar-refractivity contribution in [3.63, 3.8) is 0 Å². The summed E-state index contributed by atoms with van der Waals surface area (Å²) in [4.78, 5) is 15.2. The lowest BCUT2D eigenvalue weighted by atomic mass is 9.70. The summed E-state index contributed by atoms with van der Waals surface area (Å²) in [7, 11) is 3.50. The Labute approximate surface area is 201 Å². The largest absolute Gasteiger partial charge is 0.459 e. The standard InChI is InChI=1S/C26H51NO6/c1-11-13-20-17(4)22(32-10)18(5)24(29)33-21(12-2)26(8,31)23(28)19(6)27(9)15-16(3)14-25(20,7)30/h16-23,28,30-31H,11-15H2,1-10H3/t16-,17-,18-,19-,20?,21-,22+,23-,25-,26-/m1/s1. The molecule has 0 saturated carbocycles. The summed E-state index contributed by atoms with van der Waals surface area (Å²) in [6, 6.07) is -0.375. The van der Waals surface area contributed by atoms with Crippen molar-refractivity contribution in [1.29, 1.82) is 0 Å². The maximum Gasteiger partial charge on any atom is 0.311 e. The van der Waals surface area contributed by atoms with Crippen LogP contribution in [0.2, 0.25) is 0 Å². The normalized spacial score (nSPS) is 45.2. The van der Waals surface area contributed by atoms with E-state index in [1.165, 1.54) is 6.92 Å². The summed E-state index contributed by atoms with van der Waals surface area (Å²) in [6.45, 7) is 15.8. The van der Waals surface area contributed by atoms with E-state index in [9.17, 15) is 20.1 Å². The number of hydrogen-bond acceptors (Lipinski definition) is 7. The molecule has 7 nitrogen and oxygen atoms in total. The van der Waals surface area contributed by atoms with E-state index in [0.717, 1.165) is 12.8 Å². The van der Waals surface area contributed by atoms with E-state index in [0.29, 0.717) is 19.4 Å². The molecule has 1 saturated heterocycles. The van der Waals surface area contributed by atoms with Crippen LogP contribution in [0.1, 0.15) is 81.1 Å². The summed E-state index contributed by atoms with van der Waals surface area (Å²) in [5.74, 6) is -1.06. The van der Waals surface area contributed by atoms with Gasteiger partial charge in [-0.1, -0.05) is 34.1 Å². The van der Waals surface area contributed by atoms with Gasteiger partial charge in [-0.2, -0.15) is 0 Å². The monoisotopic (exact) mass is 473 g/mol. The first-order valence-electron chi connectivity index (χ1n) is 12.7. The van der Waals surface area contributed by atoms with E-state index in [4.69, 9.17) is 9.47 Å². The van der Waals surface area contributed by atoms with Crippen LogP contribution < -0.4 is 0 Å². The maximum absolute atomic E-state index is 13.2. The summed E-state index contributed by atoms with van der Waals surface area (Å²) in [5, 5.41) is 34.0. The number of esters is 1. The highest BCUT2D eigenvalue weighted by Crippen LogP contribution is 2.39. The Bertz CT molecular complexity index is 610. The third-order valence-corrected chi connectivity index (χ3v) is 8.08. The number of aliphatic hydroxyl groups excluding tert-OH is 1. The SMILES string of the molecule is CCCC1[C@@H](C)[C@H](OC)[C@@H](C)C(=O)O[C@H](CC)[C@@](C)(O)[C@H](O)[C@@H](C)N(C)C[C@H](C)C[C@@]1(C)O. The third-order valence-electron chi connectivity index (χ3n) is 8.08. The van der Waals surface area contributed by atoms with Crippen molar-refractivity contribution in [2.75, 3.05) is 20.7 Å². The first kappa shape index (κ1) is 30.3. The lowest BCUT2D eigenvalue weighted by molar-refractivity contribution is -0.193. The van der Waals surface area contributed by atoms with Gasteiger partial charge >= 0.3 is 5.97 Å². The average Bonchev–Trinajstić information content (AvgIpc) is 2.73. The smallest absolute Gasteiger partial charge is 0.311 e. The number of methoxy groups -OCH3 is 1. The second-order valence-electron chi connectivity index (χ2n) is 11.1. The van der Waals surface area contributed by atoms with Gasteiger partial charge in [-0.3, -0.25) is 4.79 Å². The molecule has 33 heavy (non-hydrogen) atoms. The van der Waals surface area contributed by atoms with E-state index >= 15 is 0 Å². The van der Waals surface area contributed by atoms with E-state index in [2.05, 4.69) is 13.8 Å². The zero-order valence-corrected chi connectivity index (χ0v) is 22.7. The second-order valence-corrected chi connectivity index (χ2v) is 11.1. The average molecular weight is 474 g/mol. The number of cyclic esters (lactones) is 1. The number of aliphatic hydroxyl groups is 3. The Morgan fingerprint density at radius 3 is 2.21 bits per heavy atom. The van der Waals surface area contributed by atoms with Crippen molar-refractivity contribution in [1.82, 2.24) is 4.90 Å². The van der Waals surface area contributed by atoms with E-state index in [-0.39, 0.29) is 23.8 Å². The van der Waals surface area contributed by atoms with Crippen molar-refractivity contribution < 1.29 is 29.6 Å². The lowest BCUT2D eigenvalue weighted by Crippen LogP contribution is -2.59. The molecule has 0 aromatic heterocycles. The molecular weight excluding hydrogens is 422 g/mol. The topological polar surface area (TPSA) is 99.5 Å². The molecule has 0 amide bonds. The zero-order chi connectivity index (χ0) is 25.7. The highest BCUT2D eigenvalue weighted by molar-refractivity contribution is 5.73. The molecule has 0 bridgehead atoms. The summed E-state index contributed by atoms with van der Waals surface area (Å²) in [6.07, 6.45) is 0.253. The van der Waals surface area contributed by atoms with Gasteiger partial charge in [0.25, 0.3) is 0 Å². The molecule has 1 aliphatic rings. The molecule has 10 atom stereocenters. The van der Waals surface area contributed by atoms with Gasteiger partial charge in [0.05, 0.1) is 17.6 Å². The summed E-state index contributed by atoms with van der Waals surface area (Å²) < 4.78 is 11.6. The van der Waals surface area contributed by atoms with E-state index in [1.807, 2.05) is 39.6 Å². The molecule has 0 aromatic carbocycles. The Morgan fingerprint density at radius 2 is 1.73 bits per heavy atom. The molecule has 1 heterocycles. The van der Waals surface area contributed by atoms with Gasteiger partial charge in [0.15, 0.2) is 0 Å². The third kappa shape index (κ3) is 7.14. The number of hydrogen-bond donors (Lipinski definition) is 3. The van der Waals surface area contributed by atoms with Gasteiger partial charge in [-0.15, -0.1) is 0 Å². The molecule has 0 radical (unpaired) electrons. The van der Waals surface area contributed by atoms with Crippen LogP contribution in [0.5, 0.6) is 0 Å². The molecule has 0 spiro atoms. The van der Waals surface area contributed by atoms with Gasteiger partial charge < -0.3 is 29.7 Å². The van der Waals surface area contributed by atoms with Crippen LogP contribution in [0, 0.1) is 23.7 Å². The summed E-state index contributed by atoms with van der Waals surface area (Å²) >= 11 is 0. The molecule has 1 unspecified atom stereocenters. The highest BCUT2D eigenvalue weighted by Gasteiger charge is 2.47. The van der Waals surface area contributed by atoms with Crippen molar-refractivity contribution in [2.24, 2.45) is 23.7 Å². The fourth-order valence-corrected chi connectivity index (χ4v) is 6.05. The van der Waals surface area contributed by atoms with Crippen LogP contribution in [-0.2, 0) is 14.3 Å². The Hall–Kier alpha value is -0.730. The number of rotatable bonds is 4. The Morgan fingerprint density at radius 1 is 1.15 bits per heavy atom. The van der Waals surface area contributed by atoms with Gasteiger partial charge in [-0.05, 0) is 71.8 Å². The highest BCUT2D eigenvalue weighted by atomic mass is 16.6. The first-order chi connectivity index (χ1) is 15.1. The van der Waals surface area contributed by atoms with Gasteiger partial charge in [0.2, 0.25) is 0 Å². The van der Waals surface area contributed by atoms with Crippen LogP contribution >= 0.6 is 0 Å². The number of ether oxygens (including phenoxy) is 2. The first-order valence-corrected chi connectivity index (χ1v) is 12.7. The maximum atomic E-state index is 13.2. The fraction of sp³-hybridized carbons (Fsp3) is 0.962. The summed E-state index contributed by atoms with van der Waals surface area (Å²) in [5.41, 5.74) is -2.57. The minimum absolute atomic E-state index is 0.0614. The molecule has 196 valence electrons. The Balaban J connectivity index is 3.50. The number of carbonyl (C=O) groups excluding carboxylic acids is 1. The minimum Gasteiger partial charge on any atom is -0.459 e. The molecular formula is C26H51NO6. The van der Waals surface area contributed by atoms with Crippen LogP contribution in [-0.4, -0.2) is 82.4 Å². The van der Waals surface area contributed by atoms with Crippen LogP contribution in [0.3, 0.4) is 0 Å². The van der Waals surface area contributed by atoms with Gasteiger partial charge in [0, 0.05) is 19.7 Å². The van der Waals surface area contributed by atoms with E-state index in [1.54, 1.807) is 14.0 Å². The van der Waals surface area contributed by atoms with Crippen molar-refractivity contribution in [3.8, 4) is 0 Å². The number of likely N-dealkylation sites (N-methyl/N-ethyl adjacent to an activating group) is 1. The van der Waals surface area contributed by atoms with Crippen LogP contribution in [0.15, 0.2) is 0 Å².